The van der Waals surface area contributed by atoms with Gasteiger partial charge in [-0.1, -0.05) is 19.1 Å². The van der Waals surface area contributed by atoms with Crippen LogP contribution in [0.25, 0.3) is 5.69 Å². The van der Waals surface area contributed by atoms with Gasteiger partial charge in [-0.25, -0.2) is 9.18 Å². The molecule has 1 saturated heterocycles. The summed E-state index contributed by atoms with van der Waals surface area (Å²) < 4.78 is 13.9. The monoisotopic (exact) mass is 318 g/mol. The molecule has 1 fully saturated rings. The van der Waals surface area contributed by atoms with Crippen LogP contribution in [0.4, 0.5) is 10.2 Å². The Morgan fingerprint density at radius 1 is 1.35 bits per heavy atom. The lowest BCUT2D eigenvalue weighted by Gasteiger charge is -2.35. The van der Waals surface area contributed by atoms with Crippen LogP contribution in [0.3, 0.4) is 0 Å². The van der Waals surface area contributed by atoms with Crippen molar-refractivity contribution in [3.8, 4) is 5.69 Å². The van der Waals surface area contributed by atoms with Crippen molar-refractivity contribution in [1.82, 2.24) is 15.0 Å². The van der Waals surface area contributed by atoms with E-state index in [2.05, 4.69) is 17.1 Å². The maximum atomic E-state index is 13.9. The van der Waals surface area contributed by atoms with Gasteiger partial charge in [0.25, 0.3) is 0 Å². The summed E-state index contributed by atoms with van der Waals surface area (Å²) in [5, 5.41) is 17.8. The van der Waals surface area contributed by atoms with Crippen molar-refractivity contribution in [2.24, 2.45) is 0 Å². The Balaban J connectivity index is 2.06. The van der Waals surface area contributed by atoms with Crippen LogP contribution in [0.5, 0.6) is 0 Å². The quantitative estimate of drug-likeness (QED) is 0.938. The Morgan fingerprint density at radius 3 is 2.83 bits per heavy atom. The van der Waals surface area contributed by atoms with Crippen LogP contribution < -0.4 is 4.90 Å². The van der Waals surface area contributed by atoms with Crippen LogP contribution in [0.2, 0.25) is 0 Å². The van der Waals surface area contributed by atoms with Gasteiger partial charge < -0.3 is 10.0 Å². The number of anilines is 1. The number of carboxylic acids is 1. The Labute approximate surface area is 133 Å². The minimum atomic E-state index is -1.15. The Morgan fingerprint density at radius 2 is 2.13 bits per heavy atom. The number of piperidine rings is 1. The zero-order valence-corrected chi connectivity index (χ0v) is 12.9. The lowest BCUT2D eigenvalue weighted by molar-refractivity contribution is 0.0690. The van der Waals surface area contributed by atoms with E-state index in [4.69, 9.17) is 0 Å². The van der Waals surface area contributed by atoms with Gasteiger partial charge in [0.2, 0.25) is 5.69 Å². The molecule has 2 heterocycles. The van der Waals surface area contributed by atoms with E-state index in [9.17, 15) is 14.3 Å². The van der Waals surface area contributed by atoms with Gasteiger partial charge in [-0.05, 0) is 37.8 Å². The molecule has 0 bridgehead atoms. The van der Waals surface area contributed by atoms with Gasteiger partial charge in [0.15, 0.2) is 11.6 Å². The van der Waals surface area contributed by atoms with Crippen molar-refractivity contribution >= 4 is 11.8 Å². The zero-order chi connectivity index (χ0) is 16.4. The third kappa shape index (κ3) is 2.91. The number of para-hydroxylation sites is 1. The first-order chi connectivity index (χ1) is 11.1. The van der Waals surface area contributed by atoms with Gasteiger partial charge in [-0.3, -0.25) is 0 Å². The number of hydrogen-bond donors (Lipinski definition) is 1. The molecule has 1 aliphatic heterocycles. The van der Waals surface area contributed by atoms with Gasteiger partial charge in [-0.2, -0.15) is 0 Å². The highest BCUT2D eigenvalue weighted by Crippen LogP contribution is 2.28. The number of nitrogens with zero attached hydrogens (tertiary/aromatic N) is 4. The lowest BCUT2D eigenvalue weighted by atomic mass is 10.00. The summed E-state index contributed by atoms with van der Waals surface area (Å²) >= 11 is 0. The molecule has 0 amide bonds. The van der Waals surface area contributed by atoms with Crippen LogP contribution in [0.1, 0.15) is 43.1 Å². The first kappa shape index (κ1) is 15.5. The fourth-order valence-electron chi connectivity index (χ4n) is 3.06. The van der Waals surface area contributed by atoms with Gasteiger partial charge in [0.05, 0.1) is 0 Å². The van der Waals surface area contributed by atoms with Gasteiger partial charge >= 0.3 is 5.97 Å². The molecule has 0 aliphatic carbocycles. The number of halogens is 1. The molecule has 1 aromatic carbocycles. The Hall–Kier alpha value is -2.44. The molecule has 7 heteroatoms. The molecule has 2 aromatic rings. The highest BCUT2D eigenvalue weighted by Gasteiger charge is 2.29. The van der Waals surface area contributed by atoms with Crippen molar-refractivity contribution in [3.63, 3.8) is 0 Å². The Bertz CT molecular complexity index is 716. The van der Waals surface area contributed by atoms with Gasteiger partial charge in [0, 0.05) is 12.6 Å². The highest BCUT2D eigenvalue weighted by molar-refractivity contribution is 5.91. The number of aromatic carboxylic acids is 1. The summed E-state index contributed by atoms with van der Waals surface area (Å²) in [5.74, 6) is -1.31. The maximum absolute atomic E-state index is 13.9. The number of carbonyl (C=O) groups is 1. The molecule has 3 rings (SSSR count). The molecule has 1 aliphatic rings. The van der Waals surface area contributed by atoms with Crippen LogP contribution >= 0.6 is 0 Å². The molecule has 0 unspecified atom stereocenters. The summed E-state index contributed by atoms with van der Waals surface area (Å²) in [5.41, 5.74) is 0.0138. The summed E-state index contributed by atoms with van der Waals surface area (Å²) in [6.45, 7) is 2.82. The molecule has 0 saturated carbocycles. The molecule has 1 aromatic heterocycles. The maximum Gasteiger partial charge on any atom is 0.360 e. The zero-order valence-electron chi connectivity index (χ0n) is 12.9. The predicted octanol–water partition coefficient (Wildman–Crippen LogP) is 2.87. The van der Waals surface area contributed by atoms with Crippen molar-refractivity contribution in [2.45, 2.75) is 38.6 Å². The van der Waals surface area contributed by atoms with Gasteiger partial charge in [0.1, 0.15) is 5.69 Å². The fourth-order valence-corrected chi connectivity index (χ4v) is 3.06. The summed E-state index contributed by atoms with van der Waals surface area (Å²) in [6.07, 6.45) is 4.02. The minimum absolute atomic E-state index is 0.131. The molecule has 1 N–H and O–H groups in total. The average molecular weight is 318 g/mol. The number of benzene rings is 1. The second-order valence-electron chi connectivity index (χ2n) is 5.67. The van der Waals surface area contributed by atoms with E-state index < -0.39 is 11.8 Å². The largest absolute Gasteiger partial charge is 0.476 e. The van der Waals surface area contributed by atoms with E-state index in [1.165, 1.54) is 12.1 Å². The van der Waals surface area contributed by atoms with Crippen molar-refractivity contribution in [2.75, 3.05) is 11.4 Å². The smallest absolute Gasteiger partial charge is 0.360 e. The normalized spacial score (nSPS) is 18.2. The molecule has 6 nitrogen and oxygen atoms in total. The highest BCUT2D eigenvalue weighted by atomic mass is 19.1. The molecular formula is C16H19FN4O2. The predicted molar refractivity (Wildman–Crippen MR) is 83.6 cm³/mol. The second-order valence-corrected chi connectivity index (χ2v) is 5.67. The first-order valence-electron chi connectivity index (χ1n) is 7.84. The lowest BCUT2D eigenvalue weighted by Crippen LogP contribution is -2.40. The molecule has 122 valence electrons. The molecule has 0 radical (unpaired) electrons. The topological polar surface area (TPSA) is 71.2 Å². The molecular weight excluding hydrogens is 299 g/mol. The number of aromatic nitrogens is 3. The van der Waals surface area contributed by atoms with Crippen LogP contribution in [0.15, 0.2) is 24.3 Å². The third-order valence-corrected chi connectivity index (χ3v) is 4.24. The van der Waals surface area contributed by atoms with Crippen LogP contribution in [-0.4, -0.2) is 38.7 Å². The van der Waals surface area contributed by atoms with E-state index in [1.807, 2.05) is 4.90 Å². The number of carboxylic acid groups (broad SMARTS) is 1. The van der Waals surface area contributed by atoms with E-state index in [-0.39, 0.29) is 17.4 Å². The van der Waals surface area contributed by atoms with Gasteiger partial charge in [-0.15, -0.1) is 15.0 Å². The summed E-state index contributed by atoms with van der Waals surface area (Å²) in [4.78, 5) is 14.6. The second kappa shape index (κ2) is 6.36. The number of rotatable bonds is 4. The average Bonchev–Trinajstić information content (AvgIpc) is 3.00. The standard InChI is InChI=1S/C16H19FN4O2/c1-2-11-7-5-6-10-20(11)15-14(16(22)23)18-21(19-15)13-9-4-3-8-12(13)17/h3-4,8-9,11H,2,5-7,10H2,1H3,(H,22,23)/t11-/m1/s1. The third-order valence-electron chi connectivity index (χ3n) is 4.24. The Kier molecular flexibility index (Phi) is 4.27. The number of hydrogen-bond acceptors (Lipinski definition) is 4. The fraction of sp³-hybridized carbons (Fsp3) is 0.438. The molecule has 1 atom stereocenters. The molecule has 23 heavy (non-hydrogen) atoms. The van der Waals surface area contributed by atoms with Crippen molar-refractivity contribution in [3.05, 3.63) is 35.8 Å². The van der Waals surface area contributed by atoms with Crippen LogP contribution in [-0.2, 0) is 0 Å². The SMILES string of the molecule is CC[C@@H]1CCCCN1c1nn(-c2ccccc2F)nc1C(=O)O. The van der Waals surface area contributed by atoms with E-state index in [1.54, 1.807) is 12.1 Å². The summed E-state index contributed by atoms with van der Waals surface area (Å²) in [6, 6.07) is 6.30. The van der Waals surface area contributed by atoms with Crippen molar-refractivity contribution in [1.29, 1.82) is 0 Å². The van der Waals surface area contributed by atoms with E-state index in [0.717, 1.165) is 37.0 Å². The first-order valence-corrected chi connectivity index (χ1v) is 7.84. The molecule has 0 spiro atoms. The van der Waals surface area contributed by atoms with E-state index in [0.29, 0.717) is 5.82 Å². The van der Waals surface area contributed by atoms with Crippen molar-refractivity contribution < 1.29 is 14.3 Å². The van der Waals surface area contributed by atoms with Crippen LogP contribution in [0, 0.1) is 5.82 Å². The minimum Gasteiger partial charge on any atom is -0.476 e. The summed E-state index contributed by atoms with van der Waals surface area (Å²) in [7, 11) is 0. The van der Waals surface area contributed by atoms with E-state index >= 15 is 0 Å².